The Morgan fingerprint density at radius 1 is 1.41 bits per heavy atom. The number of nitrogens with one attached hydrogen (secondary N) is 1. The van der Waals surface area contributed by atoms with Gasteiger partial charge in [-0.25, -0.2) is 0 Å². The third-order valence-electron chi connectivity index (χ3n) is 5.20. The zero-order valence-corrected chi connectivity index (χ0v) is 13.2. The summed E-state index contributed by atoms with van der Waals surface area (Å²) in [7, 11) is 0. The number of aromatic amines is 1. The van der Waals surface area contributed by atoms with Crippen LogP contribution in [-0.2, 0) is 15.9 Å². The number of H-pyrrole nitrogens is 1. The molecule has 120 valence electrons. The van der Waals surface area contributed by atoms with Crippen molar-refractivity contribution in [3.8, 4) is 0 Å². The summed E-state index contributed by atoms with van der Waals surface area (Å²) < 4.78 is 11.2. The number of hydrogen-bond donors (Lipinski definition) is 1. The van der Waals surface area contributed by atoms with Crippen LogP contribution in [0.3, 0.4) is 0 Å². The van der Waals surface area contributed by atoms with Gasteiger partial charge < -0.3 is 14.4 Å². The first kappa shape index (κ1) is 14.2. The molecule has 0 aromatic carbocycles. The molecule has 2 fully saturated rings. The molecule has 0 saturated carbocycles. The van der Waals surface area contributed by atoms with Crippen LogP contribution in [0.25, 0.3) is 0 Å². The van der Waals surface area contributed by atoms with E-state index < -0.39 is 0 Å². The number of rotatable bonds is 1. The van der Waals surface area contributed by atoms with Crippen LogP contribution in [0.5, 0.6) is 0 Å². The van der Waals surface area contributed by atoms with Crippen molar-refractivity contribution in [3.05, 3.63) is 17.0 Å². The van der Waals surface area contributed by atoms with E-state index in [0.29, 0.717) is 5.69 Å². The molecule has 0 radical (unpaired) electrons. The Kier molecular flexibility index (Phi) is 3.27. The van der Waals surface area contributed by atoms with E-state index in [1.807, 2.05) is 18.7 Å². The summed E-state index contributed by atoms with van der Waals surface area (Å²) in [6.45, 7) is 7.25. The van der Waals surface area contributed by atoms with Crippen molar-refractivity contribution in [2.24, 2.45) is 5.41 Å². The molecule has 2 saturated heterocycles. The smallest absolute Gasteiger partial charge is 0.274 e. The third kappa shape index (κ3) is 2.16. The summed E-state index contributed by atoms with van der Waals surface area (Å²) in [5.74, 6) is 0.0600. The van der Waals surface area contributed by atoms with Crippen molar-refractivity contribution in [2.75, 3.05) is 26.3 Å². The van der Waals surface area contributed by atoms with Gasteiger partial charge in [-0.2, -0.15) is 5.10 Å². The summed E-state index contributed by atoms with van der Waals surface area (Å²) >= 11 is 0. The lowest BCUT2D eigenvalue weighted by Gasteiger charge is -2.48. The van der Waals surface area contributed by atoms with Gasteiger partial charge in [-0.1, -0.05) is 0 Å². The highest BCUT2D eigenvalue weighted by molar-refractivity contribution is 5.94. The summed E-state index contributed by atoms with van der Waals surface area (Å²) in [5.41, 5.74) is 2.80. The average Bonchev–Trinajstić information content (AvgIpc) is 2.89. The molecule has 6 nitrogen and oxygen atoms in total. The van der Waals surface area contributed by atoms with E-state index in [1.165, 1.54) is 0 Å². The highest BCUT2D eigenvalue weighted by atomic mass is 16.5. The Morgan fingerprint density at radius 2 is 2.23 bits per heavy atom. The van der Waals surface area contributed by atoms with Gasteiger partial charge in [0.2, 0.25) is 0 Å². The SMILES string of the molecule is C[C@@H]1Cc2c(C(=O)N3CCCC4(COC4)C3)n[nH]c2[C@H](C)O1. The number of ether oxygens (including phenoxy) is 2. The fraction of sp³-hybridized carbons (Fsp3) is 0.750. The fourth-order valence-electron chi connectivity index (χ4n) is 4.01. The Balaban J connectivity index is 1.58. The van der Waals surface area contributed by atoms with E-state index in [4.69, 9.17) is 9.47 Å². The second-order valence-corrected chi connectivity index (χ2v) is 7.08. The summed E-state index contributed by atoms with van der Waals surface area (Å²) in [5, 5.41) is 7.34. The molecule has 1 spiro atoms. The normalized spacial score (nSPS) is 30.0. The van der Waals surface area contributed by atoms with Crippen LogP contribution >= 0.6 is 0 Å². The molecule has 3 aliphatic heterocycles. The third-order valence-corrected chi connectivity index (χ3v) is 5.20. The molecule has 2 atom stereocenters. The number of nitrogens with zero attached hydrogens (tertiary/aromatic N) is 2. The van der Waals surface area contributed by atoms with Gasteiger partial charge in [0.1, 0.15) is 0 Å². The number of likely N-dealkylation sites (tertiary alicyclic amines) is 1. The topological polar surface area (TPSA) is 67.5 Å². The van der Waals surface area contributed by atoms with Gasteiger partial charge in [0.05, 0.1) is 31.1 Å². The molecule has 3 aliphatic rings. The number of piperidine rings is 1. The minimum absolute atomic E-state index is 0.0273. The van der Waals surface area contributed by atoms with Crippen molar-refractivity contribution in [1.82, 2.24) is 15.1 Å². The van der Waals surface area contributed by atoms with E-state index in [1.54, 1.807) is 0 Å². The number of carbonyl (C=O) groups is 1. The number of hydrogen-bond acceptors (Lipinski definition) is 4. The summed E-state index contributed by atoms with van der Waals surface area (Å²) in [6, 6.07) is 0. The van der Waals surface area contributed by atoms with E-state index in [2.05, 4.69) is 10.2 Å². The molecular weight excluding hydrogens is 282 g/mol. The number of carbonyl (C=O) groups excluding carboxylic acids is 1. The predicted molar refractivity (Wildman–Crippen MR) is 79.6 cm³/mol. The van der Waals surface area contributed by atoms with Crippen LogP contribution in [0.1, 0.15) is 54.5 Å². The first-order chi connectivity index (χ1) is 10.6. The molecule has 1 amide bonds. The molecule has 0 bridgehead atoms. The van der Waals surface area contributed by atoms with Crippen molar-refractivity contribution in [3.63, 3.8) is 0 Å². The standard InChI is InChI=1S/C16H23N3O3/c1-10-6-12-13(11(2)22-10)17-18-14(12)15(20)19-5-3-4-16(7-19)8-21-9-16/h10-11H,3-9H2,1-2H3,(H,17,18)/t10-,11+/m1/s1. The van der Waals surface area contributed by atoms with Crippen LogP contribution in [0.4, 0.5) is 0 Å². The van der Waals surface area contributed by atoms with Gasteiger partial charge in [-0.15, -0.1) is 0 Å². The minimum atomic E-state index is -0.0273. The van der Waals surface area contributed by atoms with E-state index in [0.717, 1.165) is 56.8 Å². The Morgan fingerprint density at radius 3 is 2.95 bits per heavy atom. The maximum absolute atomic E-state index is 12.9. The van der Waals surface area contributed by atoms with Gasteiger partial charge in [0, 0.05) is 30.5 Å². The molecule has 6 heteroatoms. The zero-order valence-electron chi connectivity index (χ0n) is 13.2. The van der Waals surface area contributed by atoms with Crippen molar-refractivity contribution < 1.29 is 14.3 Å². The Bertz CT molecular complexity index is 593. The van der Waals surface area contributed by atoms with Crippen LogP contribution in [0.15, 0.2) is 0 Å². The van der Waals surface area contributed by atoms with Crippen LogP contribution in [0, 0.1) is 5.41 Å². The van der Waals surface area contributed by atoms with E-state index in [9.17, 15) is 4.79 Å². The highest BCUT2D eigenvalue weighted by Gasteiger charge is 2.44. The predicted octanol–water partition coefficient (Wildman–Crippen LogP) is 1.68. The summed E-state index contributed by atoms with van der Waals surface area (Å²) in [4.78, 5) is 14.9. The maximum Gasteiger partial charge on any atom is 0.274 e. The number of aromatic nitrogens is 2. The van der Waals surface area contributed by atoms with Gasteiger partial charge in [0.15, 0.2) is 5.69 Å². The van der Waals surface area contributed by atoms with Gasteiger partial charge in [0.25, 0.3) is 5.91 Å². The molecule has 1 aromatic heterocycles. The van der Waals surface area contributed by atoms with Gasteiger partial charge in [-0.05, 0) is 26.7 Å². The molecule has 0 unspecified atom stereocenters. The van der Waals surface area contributed by atoms with E-state index in [-0.39, 0.29) is 23.5 Å². The second kappa shape index (κ2) is 5.06. The quantitative estimate of drug-likeness (QED) is 0.857. The fourth-order valence-corrected chi connectivity index (χ4v) is 4.01. The number of amides is 1. The van der Waals surface area contributed by atoms with Gasteiger partial charge in [-0.3, -0.25) is 9.89 Å². The lowest BCUT2D eigenvalue weighted by atomic mass is 9.78. The lowest BCUT2D eigenvalue weighted by molar-refractivity contribution is -0.138. The van der Waals surface area contributed by atoms with Crippen molar-refractivity contribution >= 4 is 5.91 Å². The molecule has 4 heterocycles. The van der Waals surface area contributed by atoms with Crippen molar-refractivity contribution in [1.29, 1.82) is 0 Å². The van der Waals surface area contributed by atoms with Gasteiger partial charge >= 0.3 is 0 Å². The van der Waals surface area contributed by atoms with Crippen LogP contribution in [0.2, 0.25) is 0 Å². The van der Waals surface area contributed by atoms with E-state index >= 15 is 0 Å². The van der Waals surface area contributed by atoms with Crippen LogP contribution in [-0.4, -0.2) is 53.4 Å². The lowest BCUT2D eigenvalue weighted by Crippen LogP contribution is -2.55. The molecule has 22 heavy (non-hydrogen) atoms. The summed E-state index contributed by atoms with van der Waals surface area (Å²) in [6.07, 6.45) is 3.06. The van der Waals surface area contributed by atoms with Crippen molar-refractivity contribution in [2.45, 2.75) is 45.3 Å². The molecule has 1 aromatic rings. The monoisotopic (exact) mass is 305 g/mol. The first-order valence-corrected chi connectivity index (χ1v) is 8.18. The first-order valence-electron chi connectivity index (χ1n) is 8.18. The minimum Gasteiger partial charge on any atom is -0.380 e. The molecule has 0 aliphatic carbocycles. The molecular formula is C16H23N3O3. The highest BCUT2D eigenvalue weighted by Crippen LogP contribution is 2.38. The Hall–Kier alpha value is -1.40. The second-order valence-electron chi connectivity index (χ2n) is 7.08. The zero-order chi connectivity index (χ0) is 15.3. The Labute approximate surface area is 130 Å². The molecule has 4 rings (SSSR count). The maximum atomic E-state index is 12.9. The van der Waals surface area contributed by atoms with Crippen LogP contribution < -0.4 is 0 Å². The molecule has 1 N–H and O–H groups in total. The average molecular weight is 305 g/mol. The number of fused-ring (bicyclic) bond motifs is 1. The largest absolute Gasteiger partial charge is 0.380 e.